The van der Waals surface area contributed by atoms with Gasteiger partial charge in [-0.15, -0.1) is 0 Å². The van der Waals surface area contributed by atoms with E-state index in [1.54, 1.807) is 18.2 Å². The van der Waals surface area contributed by atoms with Crippen molar-refractivity contribution in [3.05, 3.63) is 112 Å². The smallest absolute Gasteiger partial charge is 0.269 e. The Labute approximate surface area is 201 Å². The van der Waals surface area contributed by atoms with Gasteiger partial charge in [0.1, 0.15) is 11.8 Å². The second-order valence-electron chi connectivity index (χ2n) is 7.19. The number of carbonyl (C=O) groups is 2. The van der Waals surface area contributed by atoms with Crippen LogP contribution in [0.4, 0.5) is 11.4 Å². The molecule has 174 valence electrons. The molecule has 9 heteroatoms. The van der Waals surface area contributed by atoms with Crippen molar-refractivity contribution >= 4 is 34.8 Å². The topological polar surface area (TPSA) is 102 Å². The average molecular weight is 480 g/mol. The van der Waals surface area contributed by atoms with Crippen LogP contribution < -0.4 is 15.0 Å². The van der Waals surface area contributed by atoms with E-state index in [0.29, 0.717) is 11.4 Å². The number of nitro groups is 1. The Kier molecular flexibility index (Phi) is 8.00. The summed E-state index contributed by atoms with van der Waals surface area (Å²) in [4.78, 5) is 38.5. The Morgan fingerprint density at radius 3 is 2.50 bits per heavy atom. The van der Waals surface area contributed by atoms with Crippen LogP contribution in [0.3, 0.4) is 0 Å². The highest BCUT2D eigenvalue weighted by molar-refractivity contribution is 6.32. The molecule has 0 fully saturated rings. The number of methoxy groups -OCH3 is 1. The summed E-state index contributed by atoms with van der Waals surface area (Å²) in [7, 11) is 1.45. The van der Waals surface area contributed by atoms with Crippen LogP contribution in [-0.4, -0.2) is 23.8 Å². The average Bonchev–Trinajstić information content (AvgIpc) is 2.86. The molecule has 0 heterocycles. The van der Waals surface area contributed by atoms with Crippen LogP contribution in [0.5, 0.6) is 5.75 Å². The van der Waals surface area contributed by atoms with Gasteiger partial charge in [0.2, 0.25) is 5.91 Å². The third-order valence-electron chi connectivity index (χ3n) is 5.04. The van der Waals surface area contributed by atoms with Gasteiger partial charge in [-0.2, -0.15) is 0 Å². The zero-order valence-electron chi connectivity index (χ0n) is 18.3. The van der Waals surface area contributed by atoms with Gasteiger partial charge in [-0.05, 0) is 35.4 Å². The van der Waals surface area contributed by atoms with Gasteiger partial charge < -0.3 is 10.1 Å². The summed E-state index contributed by atoms with van der Waals surface area (Å²) in [5, 5.41) is 14.4. The molecule has 3 aromatic rings. The van der Waals surface area contributed by atoms with Gasteiger partial charge in [0.15, 0.2) is 0 Å². The molecule has 0 aliphatic rings. The van der Waals surface area contributed by atoms with E-state index >= 15 is 0 Å². The fourth-order valence-corrected chi connectivity index (χ4v) is 3.67. The van der Waals surface area contributed by atoms with Crippen LogP contribution in [0.15, 0.2) is 85.5 Å². The summed E-state index contributed by atoms with van der Waals surface area (Å²) in [6.07, 6.45) is 1.06. The van der Waals surface area contributed by atoms with Gasteiger partial charge in [0.25, 0.3) is 11.6 Å². The Balaban J connectivity index is 2.10. The fraction of sp³-hybridized carbons (Fsp3) is 0.120. The first-order chi connectivity index (χ1) is 16.3. The molecule has 0 aromatic heterocycles. The molecule has 0 radical (unpaired) electrons. The van der Waals surface area contributed by atoms with Crippen LogP contribution in [0.1, 0.15) is 17.2 Å². The maximum Gasteiger partial charge on any atom is 0.269 e. The molecule has 0 saturated heterocycles. The third-order valence-corrected chi connectivity index (χ3v) is 5.33. The lowest BCUT2D eigenvalue weighted by molar-refractivity contribution is -0.384. The predicted molar refractivity (Wildman–Crippen MR) is 130 cm³/mol. The fourth-order valence-electron chi connectivity index (χ4n) is 3.41. The lowest BCUT2D eigenvalue weighted by Crippen LogP contribution is -2.43. The summed E-state index contributed by atoms with van der Waals surface area (Å²) in [6.45, 7) is 3.75. The minimum atomic E-state index is -1.24. The number of halogens is 1. The standard InChI is InChI=1S/C25H22ClN3O5/c1-3-23(30)28(19-12-13-22(34-2)21(26)15-19)24(18-10-7-11-20(14-18)29(32)33)25(31)27-16-17-8-5-4-6-9-17/h3-15,24H,1,16H2,2H3,(H,27,31). The highest BCUT2D eigenvalue weighted by Gasteiger charge is 2.33. The van der Waals surface area contributed by atoms with E-state index in [1.165, 1.54) is 36.3 Å². The molecule has 1 N–H and O–H groups in total. The molecule has 0 bridgehead atoms. The van der Waals surface area contributed by atoms with Crippen molar-refractivity contribution in [3.63, 3.8) is 0 Å². The molecule has 34 heavy (non-hydrogen) atoms. The first-order valence-electron chi connectivity index (χ1n) is 10.2. The van der Waals surface area contributed by atoms with Crippen LogP contribution in [0, 0.1) is 10.1 Å². The van der Waals surface area contributed by atoms with Crippen molar-refractivity contribution in [1.82, 2.24) is 5.32 Å². The predicted octanol–water partition coefficient (Wildman–Crippen LogP) is 4.83. The monoisotopic (exact) mass is 479 g/mol. The molecular weight excluding hydrogens is 458 g/mol. The maximum absolute atomic E-state index is 13.5. The number of non-ortho nitro benzene ring substituents is 1. The van der Waals surface area contributed by atoms with E-state index < -0.39 is 22.8 Å². The first-order valence-corrected chi connectivity index (χ1v) is 10.6. The SMILES string of the molecule is C=CC(=O)N(c1ccc(OC)c(Cl)c1)C(C(=O)NCc1ccccc1)c1cccc([N+](=O)[O-])c1. The van der Waals surface area contributed by atoms with Gasteiger partial charge in [0, 0.05) is 24.4 Å². The molecular formula is C25H22ClN3O5. The van der Waals surface area contributed by atoms with E-state index in [-0.39, 0.29) is 22.8 Å². The molecule has 8 nitrogen and oxygen atoms in total. The molecule has 2 amide bonds. The summed E-state index contributed by atoms with van der Waals surface area (Å²) in [5.41, 5.74) is 1.18. The minimum absolute atomic E-state index is 0.199. The number of nitrogens with zero attached hydrogens (tertiary/aromatic N) is 2. The third kappa shape index (κ3) is 5.60. The van der Waals surface area contributed by atoms with Crippen molar-refractivity contribution in [2.24, 2.45) is 0 Å². The van der Waals surface area contributed by atoms with Gasteiger partial charge in [-0.3, -0.25) is 24.6 Å². The van der Waals surface area contributed by atoms with E-state index in [0.717, 1.165) is 11.6 Å². The van der Waals surface area contributed by atoms with Crippen molar-refractivity contribution in [2.45, 2.75) is 12.6 Å². The van der Waals surface area contributed by atoms with Gasteiger partial charge in [-0.25, -0.2) is 0 Å². The van der Waals surface area contributed by atoms with E-state index in [9.17, 15) is 19.7 Å². The molecule has 0 aliphatic heterocycles. The van der Waals surface area contributed by atoms with Gasteiger partial charge >= 0.3 is 0 Å². The number of amides is 2. The highest BCUT2D eigenvalue weighted by Crippen LogP contribution is 2.35. The largest absolute Gasteiger partial charge is 0.495 e. The number of benzene rings is 3. The second kappa shape index (κ2) is 11.1. The summed E-state index contributed by atoms with van der Waals surface area (Å²) in [5.74, 6) is -0.740. The van der Waals surface area contributed by atoms with Crippen LogP contribution in [0.2, 0.25) is 5.02 Å². The number of hydrogen-bond acceptors (Lipinski definition) is 5. The highest BCUT2D eigenvalue weighted by atomic mass is 35.5. The molecule has 3 rings (SSSR count). The molecule has 3 aromatic carbocycles. The quantitative estimate of drug-likeness (QED) is 0.269. The molecule has 0 spiro atoms. The number of hydrogen-bond donors (Lipinski definition) is 1. The number of carbonyl (C=O) groups excluding carboxylic acids is 2. The lowest BCUT2D eigenvalue weighted by atomic mass is 10.0. The molecule has 0 aliphatic carbocycles. The Morgan fingerprint density at radius 1 is 1.15 bits per heavy atom. The van der Waals surface area contributed by atoms with Crippen molar-refractivity contribution in [2.75, 3.05) is 12.0 Å². The van der Waals surface area contributed by atoms with Crippen LogP contribution >= 0.6 is 11.6 Å². The van der Waals surface area contributed by atoms with Crippen molar-refractivity contribution < 1.29 is 19.2 Å². The number of anilines is 1. The van der Waals surface area contributed by atoms with Gasteiger partial charge in [-0.1, -0.05) is 60.6 Å². The lowest BCUT2D eigenvalue weighted by Gasteiger charge is -2.31. The molecule has 1 atom stereocenters. The Morgan fingerprint density at radius 2 is 1.88 bits per heavy atom. The number of nitro benzene ring substituents is 1. The van der Waals surface area contributed by atoms with Gasteiger partial charge in [0.05, 0.1) is 17.1 Å². The molecule has 0 saturated carbocycles. The zero-order valence-corrected chi connectivity index (χ0v) is 19.1. The Hall–Kier alpha value is -4.17. The second-order valence-corrected chi connectivity index (χ2v) is 7.60. The van der Waals surface area contributed by atoms with E-state index in [2.05, 4.69) is 11.9 Å². The molecule has 1 unspecified atom stereocenters. The number of ether oxygens (including phenoxy) is 1. The van der Waals surface area contributed by atoms with Crippen LogP contribution in [-0.2, 0) is 16.1 Å². The van der Waals surface area contributed by atoms with Crippen molar-refractivity contribution in [1.29, 1.82) is 0 Å². The van der Waals surface area contributed by atoms with Crippen LogP contribution in [0.25, 0.3) is 0 Å². The first kappa shape index (κ1) is 24.5. The number of nitrogens with one attached hydrogen (secondary N) is 1. The Bertz CT molecular complexity index is 1220. The van der Waals surface area contributed by atoms with E-state index in [4.69, 9.17) is 16.3 Å². The minimum Gasteiger partial charge on any atom is -0.495 e. The summed E-state index contributed by atoms with van der Waals surface area (Å²) < 4.78 is 5.18. The van der Waals surface area contributed by atoms with Crippen molar-refractivity contribution in [3.8, 4) is 5.75 Å². The summed E-state index contributed by atoms with van der Waals surface area (Å²) >= 11 is 6.28. The maximum atomic E-state index is 13.5. The zero-order chi connectivity index (χ0) is 24.7. The van der Waals surface area contributed by atoms with E-state index in [1.807, 2.05) is 30.3 Å². The normalized spacial score (nSPS) is 11.2. The summed E-state index contributed by atoms with van der Waals surface area (Å²) in [6, 6.07) is 18.2. The number of rotatable bonds is 9.